The number of phenolic OH excluding ortho intramolecular Hbond substituents is 1. The molecule has 0 saturated carbocycles. The Kier molecular flexibility index (Phi) is 10.3. The van der Waals surface area contributed by atoms with E-state index in [0.717, 1.165) is 0 Å². The normalized spacial score (nSPS) is 10.4. The number of phenols is 1. The maximum Gasteiger partial charge on any atom is 0.356 e. The summed E-state index contributed by atoms with van der Waals surface area (Å²) in [7, 11) is -4.15. The Bertz CT molecular complexity index is 1010. The number of rotatable bonds is 5. The molecular weight excluding hydrogens is 489 g/mol. The molecule has 0 bridgehead atoms. The Morgan fingerprint density at radius 2 is 1.77 bits per heavy atom. The topological polar surface area (TPSA) is 142 Å². The van der Waals surface area contributed by atoms with Crippen LogP contribution in [0, 0.1) is 0 Å². The van der Waals surface area contributed by atoms with Gasteiger partial charge in [0.15, 0.2) is 5.82 Å². The van der Waals surface area contributed by atoms with Crippen molar-refractivity contribution in [1.29, 1.82) is 0 Å². The van der Waals surface area contributed by atoms with Crippen molar-refractivity contribution >= 4 is 41.6 Å². The molecule has 31 heavy (non-hydrogen) atoms. The van der Waals surface area contributed by atoms with Crippen LogP contribution in [0.25, 0.3) is 0 Å². The molecule has 0 fully saturated rings. The molecule has 0 spiro atoms. The smallest absolute Gasteiger partial charge is 0.356 e. The number of nitrogens with zero attached hydrogens (tertiary/aromatic N) is 2. The van der Waals surface area contributed by atoms with E-state index >= 15 is 0 Å². The number of anilines is 1. The van der Waals surface area contributed by atoms with Crippen LogP contribution in [0.5, 0.6) is 11.5 Å². The first kappa shape index (κ1) is 26.3. The standard InChI is InChI=1S/C14H15N3O2.C6H7O4P.BrH/c1-10(2)19-12-5-3-4-11(8-12)14(18)17-13-9-15-6-7-16-13;7-5-1-3-6(4-2-5)11(8,9)10;/h3-10H,1-2H3,(H,16,17,18);1-4,7H,(H2,8,9,10);1H. The van der Waals surface area contributed by atoms with E-state index in [0.29, 0.717) is 17.1 Å². The second-order valence-corrected chi connectivity index (χ2v) is 7.90. The number of halogens is 1. The number of amides is 1. The molecule has 1 amide bonds. The largest absolute Gasteiger partial charge is 0.508 e. The van der Waals surface area contributed by atoms with Crippen molar-refractivity contribution in [2.75, 3.05) is 5.32 Å². The van der Waals surface area contributed by atoms with Crippen molar-refractivity contribution in [3.63, 3.8) is 0 Å². The fourth-order valence-electron chi connectivity index (χ4n) is 2.18. The summed E-state index contributed by atoms with van der Waals surface area (Å²) in [4.78, 5) is 37.1. The van der Waals surface area contributed by atoms with E-state index in [1.807, 2.05) is 19.9 Å². The first-order valence-corrected chi connectivity index (χ1v) is 10.5. The Balaban J connectivity index is 0.000000344. The minimum absolute atomic E-state index is 0. The maximum atomic E-state index is 12.0. The molecule has 0 aliphatic rings. The molecular formula is C20H23BrN3O6P. The number of aromatic hydroxyl groups is 1. The molecule has 4 N–H and O–H groups in total. The molecule has 0 radical (unpaired) electrons. The third-order valence-corrected chi connectivity index (χ3v) is 4.43. The molecule has 3 aromatic rings. The van der Waals surface area contributed by atoms with Crippen LogP contribution in [0.1, 0.15) is 24.2 Å². The molecule has 1 heterocycles. The van der Waals surface area contributed by atoms with Gasteiger partial charge in [-0.1, -0.05) is 6.07 Å². The highest BCUT2D eigenvalue weighted by atomic mass is 79.9. The van der Waals surface area contributed by atoms with Gasteiger partial charge in [-0.2, -0.15) is 0 Å². The monoisotopic (exact) mass is 511 g/mol. The zero-order valence-electron chi connectivity index (χ0n) is 16.7. The quantitative estimate of drug-likeness (QED) is 0.382. The lowest BCUT2D eigenvalue weighted by Gasteiger charge is -2.10. The number of hydrogen-bond donors (Lipinski definition) is 4. The molecule has 1 aromatic heterocycles. The lowest BCUT2D eigenvalue weighted by molar-refractivity contribution is 0.102. The van der Waals surface area contributed by atoms with Gasteiger partial charge in [-0.25, -0.2) is 4.98 Å². The average molecular weight is 512 g/mol. The Morgan fingerprint density at radius 1 is 1.10 bits per heavy atom. The highest BCUT2D eigenvalue weighted by molar-refractivity contribution is 8.93. The van der Waals surface area contributed by atoms with Crippen LogP contribution in [0.2, 0.25) is 0 Å². The van der Waals surface area contributed by atoms with Gasteiger partial charge in [0.1, 0.15) is 11.5 Å². The van der Waals surface area contributed by atoms with E-state index in [4.69, 9.17) is 19.6 Å². The molecule has 9 nitrogen and oxygen atoms in total. The number of nitrogens with one attached hydrogen (secondary N) is 1. The fraction of sp³-hybridized carbons (Fsp3) is 0.150. The van der Waals surface area contributed by atoms with Gasteiger partial charge in [0.05, 0.1) is 17.6 Å². The summed E-state index contributed by atoms with van der Waals surface area (Å²) in [6.07, 6.45) is 4.63. The van der Waals surface area contributed by atoms with Gasteiger partial charge in [-0.05, 0) is 56.3 Å². The van der Waals surface area contributed by atoms with Gasteiger partial charge in [-0.15, -0.1) is 17.0 Å². The Morgan fingerprint density at radius 3 is 2.32 bits per heavy atom. The second-order valence-electron chi connectivity index (χ2n) is 6.30. The zero-order chi connectivity index (χ0) is 22.1. The average Bonchev–Trinajstić information content (AvgIpc) is 2.68. The number of carbonyl (C=O) groups is 1. The predicted octanol–water partition coefficient (Wildman–Crippen LogP) is 3.29. The highest BCUT2D eigenvalue weighted by Gasteiger charge is 2.15. The molecule has 3 rings (SSSR count). The van der Waals surface area contributed by atoms with Gasteiger partial charge in [0.25, 0.3) is 5.91 Å². The number of carbonyl (C=O) groups excluding carboxylic acids is 1. The third kappa shape index (κ3) is 9.27. The third-order valence-electron chi connectivity index (χ3n) is 3.46. The van der Waals surface area contributed by atoms with Crippen LogP contribution in [0.3, 0.4) is 0 Å². The Hall–Kier alpha value is -2.78. The van der Waals surface area contributed by atoms with Gasteiger partial charge in [0.2, 0.25) is 0 Å². The molecule has 166 valence electrons. The van der Waals surface area contributed by atoms with Gasteiger partial charge >= 0.3 is 7.60 Å². The highest BCUT2D eigenvalue weighted by Crippen LogP contribution is 2.33. The maximum absolute atomic E-state index is 12.0. The van der Waals surface area contributed by atoms with Crippen molar-refractivity contribution in [1.82, 2.24) is 9.97 Å². The van der Waals surface area contributed by atoms with Crippen LogP contribution < -0.4 is 15.4 Å². The SMILES string of the molecule is Br.CC(C)Oc1cccc(C(=O)Nc2cnccn2)c1.O=P(O)(O)c1ccc(O)cc1. The number of aromatic nitrogens is 2. The minimum Gasteiger partial charge on any atom is -0.508 e. The first-order chi connectivity index (χ1) is 14.1. The summed E-state index contributed by atoms with van der Waals surface area (Å²) < 4.78 is 16.1. The molecule has 0 aliphatic carbocycles. The van der Waals surface area contributed by atoms with Gasteiger partial charge in [-0.3, -0.25) is 14.3 Å². The summed E-state index contributed by atoms with van der Waals surface area (Å²) in [6, 6.07) is 11.9. The summed E-state index contributed by atoms with van der Waals surface area (Å²) in [5, 5.41) is 11.4. The molecule has 0 saturated heterocycles. The first-order valence-electron chi connectivity index (χ1n) is 8.84. The molecule has 0 atom stereocenters. The van der Waals surface area contributed by atoms with Crippen LogP contribution in [0.15, 0.2) is 67.1 Å². The van der Waals surface area contributed by atoms with E-state index in [2.05, 4.69) is 15.3 Å². The molecule has 11 heteroatoms. The second kappa shape index (κ2) is 12.2. The molecule has 0 unspecified atom stereocenters. The summed E-state index contributed by atoms with van der Waals surface area (Å²) in [5.74, 6) is 0.835. The van der Waals surface area contributed by atoms with Gasteiger partial charge in [0, 0.05) is 18.0 Å². The molecule has 2 aromatic carbocycles. The van der Waals surface area contributed by atoms with E-state index < -0.39 is 7.60 Å². The van der Waals surface area contributed by atoms with Crippen LogP contribution in [0.4, 0.5) is 5.82 Å². The van der Waals surface area contributed by atoms with Crippen LogP contribution in [-0.2, 0) is 4.57 Å². The van der Waals surface area contributed by atoms with Crippen molar-refractivity contribution in [3.05, 3.63) is 72.7 Å². The lowest BCUT2D eigenvalue weighted by atomic mass is 10.2. The van der Waals surface area contributed by atoms with Crippen molar-refractivity contribution in [2.24, 2.45) is 0 Å². The van der Waals surface area contributed by atoms with Gasteiger partial charge < -0.3 is 24.9 Å². The number of ether oxygens (including phenoxy) is 1. The minimum atomic E-state index is -4.15. The summed E-state index contributed by atoms with van der Waals surface area (Å²) >= 11 is 0. The molecule has 0 aliphatic heterocycles. The van der Waals surface area contributed by atoms with Crippen molar-refractivity contribution < 1.29 is 29.0 Å². The van der Waals surface area contributed by atoms with E-state index in [-0.39, 0.29) is 40.0 Å². The van der Waals surface area contributed by atoms with Crippen LogP contribution >= 0.6 is 24.6 Å². The van der Waals surface area contributed by atoms with Crippen molar-refractivity contribution in [2.45, 2.75) is 20.0 Å². The van der Waals surface area contributed by atoms with E-state index in [1.54, 1.807) is 24.4 Å². The summed E-state index contributed by atoms with van der Waals surface area (Å²) in [6.45, 7) is 3.87. The van der Waals surface area contributed by atoms with E-state index in [9.17, 15) is 9.36 Å². The zero-order valence-corrected chi connectivity index (χ0v) is 19.4. The van der Waals surface area contributed by atoms with Crippen LogP contribution in [-0.4, -0.2) is 36.9 Å². The lowest BCUT2D eigenvalue weighted by Crippen LogP contribution is -2.13. The Labute approximate surface area is 190 Å². The van der Waals surface area contributed by atoms with E-state index in [1.165, 1.54) is 36.7 Å². The predicted molar refractivity (Wildman–Crippen MR) is 122 cm³/mol. The van der Waals surface area contributed by atoms with Crippen molar-refractivity contribution in [3.8, 4) is 11.5 Å². The summed E-state index contributed by atoms with van der Waals surface area (Å²) in [5.41, 5.74) is 0.517. The fourth-order valence-corrected chi connectivity index (χ4v) is 2.72. The number of benzene rings is 2. The number of hydrogen-bond acceptors (Lipinski definition) is 6.